The predicted molar refractivity (Wildman–Crippen MR) is 124 cm³/mol. The summed E-state index contributed by atoms with van der Waals surface area (Å²) >= 11 is 0. The molecule has 0 bridgehead atoms. The number of carbonyl (C=O) groups excluding carboxylic acids is 3. The zero-order valence-corrected chi connectivity index (χ0v) is 20.3. The Morgan fingerprint density at radius 1 is 1.21 bits per heavy atom. The summed E-state index contributed by atoms with van der Waals surface area (Å²) < 4.78 is 5.59. The van der Waals surface area contributed by atoms with Crippen molar-refractivity contribution in [2.24, 2.45) is 28.6 Å². The lowest BCUT2D eigenvalue weighted by atomic mass is 9.85. The van der Waals surface area contributed by atoms with Crippen LogP contribution in [0.3, 0.4) is 0 Å². The second kappa shape index (κ2) is 8.89. The number of amides is 3. The number of carboxylic acid groups (broad SMARTS) is 1. The van der Waals surface area contributed by atoms with Crippen LogP contribution in [0.4, 0.5) is 4.79 Å². The van der Waals surface area contributed by atoms with Crippen molar-refractivity contribution >= 4 is 23.9 Å². The molecule has 4 fully saturated rings. The van der Waals surface area contributed by atoms with E-state index in [4.69, 9.17) is 4.74 Å². The van der Waals surface area contributed by atoms with E-state index >= 15 is 0 Å². The lowest BCUT2D eigenvalue weighted by Crippen LogP contribution is -2.58. The molecule has 34 heavy (non-hydrogen) atoms. The molecule has 1 saturated heterocycles. The molecule has 9 nitrogen and oxygen atoms in total. The molecule has 1 aliphatic heterocycles. The van der Waals surface area contributed by atoms with E-state index in [1.165, 1.54) is 11.3 Å². The number of allylic oxidation sites excluding steroid dienone is 1. The first-order chi connectivity index (χ1) is 16.0. The van der Waals surface area contributed by atoms with Gasteiger partial charge < -0.3 is 25.4 Å². The van der Waals surface area contributed by atoms with Gasteiger partial charge in [-0.15, -0.1) is 6.58 Å². The lowest BCUT2D eigenvalue weighted by Gasteiger charge is -2.35. The quantitative estimate of drug-likeness (QED) is 0.463. The number of ether oxygens (including phenoxy) is 1. The summed E-state index contributed by atoms with van der Waals surface area (Å²) in [4.78, 5) is 52.3. The van der Waals surface area contributed by atoms with Crippen LogP contribution < -0.4 is 10.6 Å². The van der Waals surface area contributed by atoms with Gasteiger partial charge in [0, 0.05) is 13.1 Å². The lowest BCUT2D eigenvalue weighted by molar-refractivity contribution is -0.145. The topological polar surface area (TPSA) is 125 Å². The highest BCUT2D eigenvalue weighted by Crippen LogP contribution is 2.53. The number of fused-ring (bicyclic) bond motifs is 1. The Morgan fingerprint density at radius 2 is 1.88 bits per heavy atom. The largest absolute Gasteiger partial charge is 0.481 e. The smallest absolute Gasteiger partial charge is 0.408 e. The first-order valence-electron chi connectivity index (χ1n) is 12.4. The van der Waals surface area contributed by atoms with Crippen molar-refractivity contribution in [1.82, 2.24) is 15.5 Å². The predicted octanol–water partition coefficient (Wildman–Crippen LogP) is 2.31. The number of likely N-dealkylation sites (tertiary alicyclic amines) is 1. The van der Waals surface area contributed by atoms with Crippen LogP contribution >= 0.6 is 0 Å². The van der Waals surface area contributed by atoms with Gasteiger partial charge in [-0.25, -0.2) is 4.79 Å². The molecule has 0 aromatic rings. The maximum atomic E-state index is 13.5. The molecule has 3 unspecified atom stereocenters. The van der Waals surface area contributed by atoms with Crippen molar-refractivity contribution in [3.63, 3.8) is 0 Å². The van der Waals surface area contributed by atoms with E-state index in [1.54, 1.807) is 6.08 Å². The molecule has 3 N–H and O–H groups in total. The number of aliphatic carboxylic acids is 1. The van der Waals surface area contributed by atoms with Gasteiger partial charge in [-0.2, -0.15) is 0 Å². The minimum Gasteiger partial charge on any atom is -0.481 e. The van der Waals surface area contributed by atoms with Crippen molar-refractivity contribution in [2.75, 3.05) is 13.1 Å². The van der Waals surface area contributed by atoms with Gasteiger partial charge in [0.1, 0.15) is 18.2 Å². The molecule has 3 aliphatic carbocycles. The number of nitrogens with one attached hydrogen (secondary N) is 2. The fourth-order valence-electron chi connectivity index (χ4n) is 5.71. The fraction of sp³-hybridized carbons (Fsp3) is 0.760. The van der Waals surface area contributed by atoms with Gasteiger partial charge in [-0.05, 0) is 61.7 Å². The number of nitrogens with zero attached hydrogens (tertiary/aromatic N) is 1. The molecule has 0 spiro atoms. The maximum Gasteiger partial charge on any atom is 0.408 e. The average molecular weight is 476 g/mol. The maximum absolute atomic E-state index is 13.5. The Kier molecular flexibility index (Phi) is 6.42. The van der Waals surface area contributed by atoms with Crippen LogP contribution in [-0.2, 0) is 19.1 Å². The second-order valence-corrected chi connectivity index (χ2v) is 11.6. The Morgan fingerprint density at radius 3 is 2.44 bits per heavy atom. The van der Waals surface area contributed by atoms with Gasteiger partial charge >= 0.3 is 12.1 Å². The minimum atomic E-state index is -1.01. The molecule has 4 rings (SSSR count). The van der Waals surface area contributed by atoms with Gasteiger partial charge in [0.25, 0.3) is 0 Å². The van der Waals surface area contributed by atoms with Gasteiger partial charge in [0.2, 0.25) is 11.8 Å². The number of hydrogen-bond acceptors (Lipinski definition) is 5. The van der Waals surface area contributed by atoms with Crippen LogP contribution in [-0.4, -0.2) is 65.2 Å². The van der Waals surface area contributed by atoms with E-state index in [2.05, 4.69) is 17.2 Å². The van der Waals surface area contributed by atoms with E-state index in [-0.39, 0.29) is 30.4 Å². The third-order valence-electron chi connectivity index (χ3n) is 8.11. The molecular weight excluding hydrogens is 438 g/mol. The van der Waals surface area contributed by atoms with Crippen molar-refractivity contribution in [1.29, 1.82) is 0 Å². The normalized spacial score (nSPS) is 34.6. The van der Waals surface area contributed by atoms with E-state index in [0.717, 1.165) is 12.8 Å². The first-order valence-corrected chi connectivity index (χ1v) is 12.4. The van der Waals surface area contributed by atoms with Gasteiger partial charge in [-0.1, -0.05) is 26.8 Å². The summed E-state index contributed by atoms with van der Waals surface area (Å²) in [6.07, 6.45) is 5.55. The molecule has 1 heterocycles. The Hall–Kier alpha value is -2.58. The monoisotopic (exact) mass is 475 g/mol. The third-order valence-corrected chi connectivity index (χ3v) is 8.11. The average Bonchev–Trinajstić information content (AvgIpc) is 3.55. The molecule has 7 atom stereocenters. The van der Waals surface area contributed by atoms with Gasteiger partial charge in [-0.3, -0.25) is 14.4 Å². The number of carboxylic acids is 1. The highest BCUT2D eigenvalue weighted by Gasteiger charge is 2.59. The van der Waals surface area contributed by atoms with E-state index in [9.17, 15) is 24.3 Å². The SMILES string of the molecule is C=C[C@@H]1CC1(CNC(=O)[C@@H]1CCCN1C(=O)[C@@H](NC(=O)OC1CC2C[C@H]2C1)C(C)(C)C)C(=O)O. The van der Waals surface area contributed by atoms with Crippen LogP contribution in [0, 0.1) is 28.6 Å². The van der Waals surface area contributed by atoms with Gasteiger partial charge in [0.05, 0.1) is 5.41 Å². The van der Waals surface area contributed by atoms with Crippen molar-refractivity contribution in [3.05, 3.63) is 12.7 Å². The molecule has 9 heteroatoms. The minimum absolute atomic E-state index is 0.00698. The summed E-state index contributed by atoms with van der Waals surface area (Å²) in [5.41, 5.74) is -1.60. The number of rotatable bonds is 8. The molecular formula is C25H37N3O6. The van der Waals surface area contributed by atoms with Crippen LogP contribution in [0.15, 0.2) is 12.7 Å². The first kappa shape index (κ1) is 24.5. The van der Waals surface area contributed by atoms with Crippen LogP contribution in [0.1, 0.15) is 59.3 Å². The Balaban J connectivity index is 1.37. The zero-order chi connectivity index (χ0) is 24.8. The molecule has 0 aromatic carbocycles. The number of alkyl carbamates (subject to hydrolysis) is 1. The van der Waals surface area contributed by atoms with E-state index in [1.807, 2.05) is 20.8 Å². The molecule has 3 saturated carbocycles. The standard InChI is InChI=1S/C25H37N3O6/c1-5-16-12-25(16,22(31)32)13-26-20(29)18-7-6-8-28(18)21(30)19(24(2,3)4)27-23(33)34-17-10-14-9-15(14)11-17/h5,14-19H,1,6-13H2,2-4H3,(H,26,29)(H,27,33)(H,31,32)/t14-,15?,16+,17?,18-,19+,25?/m0/s1. The Labute approximate surface area is 200 Å². The summed E-state index contributed by atoms with van der Waals surface area (Å²) in [5.74, 6) is -0.440. The number of hydrogen-bond donors (Lipinski definition) is 3. The summed E-state index contributed by atoms with van der Waals surface area (Å²) in [6.45, 7) is 9.68. The third kappa shape index (κ3) is 4.79. The van der Waals surface area contributed by atoms with Crippen LogP contribution in [0.5, 0.6) is 0 Å². The van der Waals surface area contributed by atoms with Crippen molar-refractivity contribution < 1.29 is 29.0 Å². The number of carbonyl (C=O) groups is 4. The molecule has 0 radical (unpaired) electrons. The molecule has 3 amide bonds. The summed E-state index contributed by atoms with van der Waals surface area (Å²) in [5, 5.41) is 15.1. The summed E-state index contributed by atoms with van der Waals surface area (Å²) in [7, 11) is 0. The van der Waals surface area contributed by atoms with E-state index in [0.29, 0.717) is 37.6 Å². The zero-order valence-electron chi connectivity index (χ0n) is 20.3. The van der Waals surface area contributed by atoms with Crippen LogP contribution in [0.25, 0.3) is 0 Å². The van der Waals surface area contributed by atoms with Crippen molar-refractivity contribution in [2.45, 2.75) is 77.5 Å². The molecule has 4 aliphatic rings. The second-order valence-electron chi connectivity index (χ2n) is 11.6. The van der Waals surface area contributed by atoms with Crippen molar-refractivity contribution in [3.8, 4) is 0 Å². The summed E-state index contributed by atoms with van der Waals surface area (Å²) in [6, 6.07) is -1.54. The highest BCUT2D eigenvalue weighted by atomic mass is 16.6. The molecule has 0 aromatic heterocycles. The Bertz CT molecular complexity index is 872. The van der Waals surface area contributed by atoms with Crippen LogP contribution in [0.2, 0.25) is 0 Å². The van der Waals surface area contributed by atoms with Gasteiger partial charge in [0.15, 0.2) is 0 Å². The molecule has 188 valence electrons. The fourth-order valence-corrected chi connectivity index (χ4v) is 5.71. The van der Waals surface area contributed by atoms with E-state index < -0.39 is 35.0 Å². The highest BCUT2D eigenvalue weighted by molar-refractivity contribution is 5.92.